The van der Waals surface area contributed by atoms with Crippen molar-refractivity contribution in [2.45, 2.75) is 58.0 Å². The highest BCUT2D eigenvalue weighted by Gasteiger charge is 2.42. The molecule has 2 aromatic rings. The van der Waals surface area contributed by atoms with Crippen LogP contribution in [0.4, 0.5) is 5.82 Å². The van der Waals surface area contributed by atoms with Crippen molar-refractivity contribution in [3.63, 3.8) is 0 Å². The summed E-state index contributed by atoms with van der Waals surface area (Å²) in [6, 6.07) is 8.08. The van der Waals surface area contributed by atoms with Crippen LogP contribution in [-0.2, 0) is 4.79 Å². The topological polar surface area (TPSA) is 74.8 Å². The molecule has 1 atom stereocenters. The zero-order valence-corrected chi connectivity index (χ0v) is 18.2. The van der Waals surface area contributed by atoms with Gasteiger partial charge >= 0.3 is 0 Å². The number of anilines is 1. The third-order valence-corrected chi connectivity index (χ3v) is 6.60. The highest BCUT2D eigenvalue weighted by molar-refractivity contribution is 7.99. The van der Waals surface area contributed by atoms with E-state index in [-0.39, 0.29) is 22.7 Å². The lowest BCUT2D eigenvalue weighted by Crippen LogP contribution is -2.37. The fourth-order valence-corrected chi connectivity index (χ4v) is 5.06. The molecule has 0 amide bonds. The average Bonchev–Trinajstić information content (AvgIpc) is 2.63. The number of aryl methyl sites for hydroxylation is 1. The zero-order chi connectivity index (χ0) is 20.8. The molecule has 0 radical (unpaired) electrons. The molecule has 0 spiro atoms. The number of fused-ring (bicyclic) bond motifs is 1. The van der Waals surface area contributed by atoms with Gasteiger partial charge in [-0.05, 0) is 30.7 Å². The summed E-state index contributed by atoms with van der Waals surface area (Å²) in [5.74, 6) is 1.21. The van der Waals surface area contributed by atoms with Crippen molar-refractivity contribution >= 4 is 23.4 Å². The molecule has 2 N–H and O–H groups in total. The van der Waals surface area contributed by atoms with E-state index in [0.717, 1.165) is 41.0 Å². The second-order valence-electron chi connectivity index (χ2n) is 8.79. The van der Waals surface area contributed by atoms with E-state index in [0.29, 0.717) is 23.0 Å². The minimum atomic E-state index is -0.383. The fourth-order valence-electron chi connectivity index (χ4n) is 4.34. The molecule has 0 saturated carbocycles. The average molecular weight is 410 g/mol. The summed E-state index contributed by atoms with van der Waals surface area (Å²) < 4.78 is 0. The Balaban J connectivity index is 1.92. The van der Waals surface area contributed by atoms with Gasteiger partial charge in [0.15, 0.2) is 10.9 Å². The van der Waals surface area contributed by atoms with Gasteiger partial charge in [-0.2, -0.15) is 0 Å². The Kier molecular flexibility index (Phi) is 5.15. The van der Waals surface area contributed by atoms with Crippen LogP contribution in [0.2, 0.25) is 0 Å². The second-order valence-corrected chi connectivity index (χ2v) is 9.87. The van der Waals surface area contributed by atoms with Gasteiger partial charge in [-0.15, -0.1) is 0 Å². The molecule has 6 heteroatoms. The largest absolute Gasteiger partial charge is 0.343 e. The first kappa shape index (κ1) is 20.0. The number of allylic oxidation sites excluding steroid dienone is 2. The molecular weight excluding hydrogens is 382 g/mol. The minimum absolute atomic E-state index is 0.113. The van der Waals surface area contributed by atoms with E-state index in [9.17, 15) is 9.59 Å². The van der Waals surface area contributed by atoms with Gasteiger partial charge in [0.25, 0.3) is 5.56 Å². The molecular formula is C23H27N3O2S. The second kappa shape index (κ2) is 7.48. The summed E-state index contributed by atoms with van der Waals surface area (Å²) in [7, 11) is 0. The molecule has 1 aromatic heterocycles. The molecule has 0 fully saturated rings. The maximum atomic E-state index is 13.2. The van der Waals surface area contributed by atoms with Crippen LogP contribution >= 0.6 is 11.8 Å². The van der Waals surface area contributed by atoms with Crippen LogP contribution in [0.15, 0.2) is 45.5 Å². The third kappa shape index (κ3) is 3.78. The van der Waals surface area contributed by atoms with E-state index in [1.165, 1.54) is 0 Å². The number of carbonyl (C=O) groups excluding carboxylic acids is 1. The first-order valence-electron chi connectivity index (χ1n) is 10.2. The smallest absolute Gasteiger partial charge is 0.257 e. The van der Waals surface area contributed by atoms with Gasteiger partial charge < -0.3 is 10.3 Å². The van der Waals surface area contributed by atoms with Gasteiger partial charge in [0.2, 0.25) is 0 Å². The van der Waals surface area contributed by atoms with E-state index < -0.39 is 0 Å². The van der Waals surface area contributed by atoms with Gasteiger partial charge in [0, 0.05) is 29.4 Å². The van der Waals surface area contributed by atoms with Crippen LogP contribution in [0.5, 0.6) is 0 Å². The highest BCUT2D eigenvalue weighted by Crippen LogP contribution is 2.47. The Bertz CT molecular complexity index is 1070. The first-order chi connectivity index (χ1) is 13.8. The number of rotatable bonds is 4. The number of thioether (sulfide) groups is 1. The van der Waals surface area contributed by atoms with Crippen molar-refractivity contribution in [1.29, 1.82) is 0 Å². The van der Waals surface area contributed by atoms with Crippen molar-refractivity contribution in [3.05, 3.63) is 62.6 Å². The Hall–Kier alpha value is -2.34. The number of carbonyl (C=O) groups is 1. The number of hydrogen-bond donors (Lipinski definition) is 2. The van der Waals surface area contributed by atoms with Crippen molar-refractivity contribution in [1.82, 2.24) is 9.97 Å². The Morgan fingerprint density at radius 2 is 2.03 bits per heavy atom. The van der Waals surface area contributed by atoms with Gasteiger partial charge in [0.05, 0.1) is 5.56 Å². The zero-order valence-electron chi connectivity index (χ0n) is 17.4. The molecule has 1 unspecified atom stereocenters. The fraction of sp³-hybridized carbons (Fsp3) is 0.435. The van der Waals surface area contributed by atoms with E-state index in [2.05, 4.69) is 37.1 Å². The normalized spacial score (nSPS) is 20.1. The summed E-state index contributed by atoms with van der Waals surface area (Å²) in [5, 5.41) is 3.99. The summed E-state index contributed by atoms with van der Waals surface area (Å²) >= 11 is 1.55. The Morgan fingerprint density at radius 3 is 2.76 bits per heavy atom. The van der Waals surface area contributed by atoms with Crippen LogP contribution in [-0.4, -0.2) is 21.5 Å². The van der Waals surface area contributed by atoms with E-state index in [1.54, 1.807) is 11.8 Å². The number of H-pyrrole nitrogens is 1. The lowest BCUT2D eigenvalue weighted by Gasteiger charge is -2.38. The number of aromatic amines is 1. The number of nitrogens with one attached hydrogen (secondary N) is 2. The van der Waals surface area contributed by atoms with Gasteiger partial charge in [-0.3, -0.25) is 9.59 Å². The number of hydrogen-bond acceptors (Lipinski definition) is 5. The van der Waals surface area contributed by atoms with Crippen LogP contribution in [0.25, 0.3) is 0 Å². The molecule has 4 rings (SSSR count). The number of aromatic nitrogens is 2. The molecule has 5 nitrogen and oxygen atoms in total. The van der Waals surface area contributed by atoms with Crippen LogP contribution < -0.4 is 10.9 Å². The number of ketones is 1. The molecule has 2 aliphatic rings. The van der Waals surface area contributed by atoms with Crippen molar-refractivity contribution < 1.29 is 4.79 Å². The van der Waals surface area contributed by atoms with E-state index in [1.807, 2.05) is 25.1 Å². The van der Waals surface area contributed by atoms with Crippen molar-refractivity contribution in [2.24, 2.45) is 5.41 Å². The first-order valence-corrected chi connectivity index (χ1v) is 11.1. The van der Waals surface area contributed by atoms with Gasteiger partial charge in [-0.25, -0.2) is 4.98 Å². The monoisotopic (exact) mass is 409 g/mol. The summed E-state index contributed by atoms with van der Waals surface area (Å²) in [4.78, 5) is 34.0. The van der Waals surface area contributed by atoms with Gasteiger partial charge in [-0.1, -0.05) is 62.4 Å². The quantitative estimate of drug-likeness (QED) is 0.561. The predicted octanol–water partition coefficient (Wildman–Crippen LogP) is 4.78. The Labute approximate surface area is 175 Å². The molecule has 0 saturated heterocycles. The van der Waals surface area contributed by atoms with Crippen LogP contribution in [0.1, 0.15) is 62.6 Å². The lowest BCUT2D eigenvalue weighted by atomic mass is 9.69. The standard InChI is InChI=1S/C23H27N3O2S/c1-5-9-29-22-25-20-19(21(28)26-22)17(14-8-6-7-13(2)10-14)18-15(24-20)11-23(3,4)12-16(18)27/h6-8,10,17H,5,9,11-12H2,1-4H3,(H2,24,25,26,28). The molecule has 1 aromatic carbocycles. The molecule has 0 bridgehead atoms. The van der Waals surface area contributed by atoms with Gasteiger partial charge in [0.1, 0.15) is 5.82 Å². The number of benzene rings is 1. The van der Waals surface area contributed by atoms with Crippen LogP contribution in [0.3, 0.4) is 0 Å². The maximum Gasteiger partial charge on any atom is 0.257 e. The summed E-state index contributed by atoms with van der Waals surface area (Å²) in [5.41, 5.74) is 3.97. The SMILES string of the molecule is CCCSc1nc2c(c(=O)[nH]1)C(c1cccc(C)c1)C1=C(CC(C)(C)CC1=O)N2. The van der Waals surface area contributed by atoms with Crippen molar-refractivity contribution in [2.75, 3.05) is 11.1 Å². The maximum absolute atomic E-state index is 13.2. The van der Waals surface area contributed by atoms with Crippen molar-refractivity contribution in [3.8, 4) is 0 Å². The summed E-state index contributed by atoms with van der Waals surface area (Å²) in [6.45, 7) is 8.35. The summed E-state index contributed by atoms with van der Waals surface area (Å²) in [6.07, 6.45) is 2.26. The van der Waals surface area contributed by atoms with Crippen LogP contribution in [0, 0.1) is 12.3 Å². The highest BCUT2D eigenvalue weighted by atomic mass is 32.2. The molecule has 29 heavy (non-hydrogen) atoms. The molecule has 2 heterocycles. The molecule has 1 aliphatic carbocycles. The van der Waals surface area contributed by atoms with E-state index >= 15 is 0 Å². The lowest BCUT2D eigenvalue weighted by molar-refractivity contribution is -0.118. The third-order valence-electron chi connectivity index (χ3n) is 5.52. The van der Waals surface area contributed by atoms with E-state index in [4.69, 9.17) is 4.98 Å². The minimum Gasteiger partial charge on any atom is -0.343 e. The number of nitrogens with zero attached hydrogens (tertiary/aromatic N) is 1. The Morgan fingerprint density at radius 1 is 1.24 bits per heavy atom. The molecule has 1 aliphatic heterocycles. The predicted molar refractivity (Wildman–Crippen MR) is 118 cm³/mol. The molecule has 152 valence electrons. The number of Topliss-reactive ketones (excluding diaryl/α,β-unsaturated/α-hetero) is 1.